The van der Waals surface area contributed by atoms with Crippen LogP contribution in [0.25, 0.3) is 0 Å². The third kappa shape index (κ3) is 2.46. The van der Waals surface area contributed by atoms with Gasteiger partial charge in [0, 0.05) is 5.69 Å². The first-order valence-corrected chi connectivity index (χ1v) is 4.31. The van der Waals surface area contributed by atoms with E-state index in [1.807, 2.05) is 18.2 Å². The number of hydrogen-bond acceptors (Lipinski definition) is 4. The zero-order valence-electron chi connectivity index (χ0n) is 8.15. The van der Waals surface area contributed by atoms with Gasteiger partial charge in [0.1, 0.15) is 18.2 Å². The van der Waals surface area contributed by atoms with E-state index >= 15 is 0 Å². The van der Waals surface area contributed by atoms with Gasteiger partial charge in [-0.15, -0.1) is 0 Å². The fraction of sp³-hybridized carbons (Fsp3) is 0.182. The monoisotopic (exact) mass is 196 g/mol. The van der Waals surface area contributed by atoms with Gasteiger partial charge in [0.05, 0.1) is 17.2 Å². The van der Waals surface area contributed by atoms with Crippen LogP contribution in [0.4, 0.5) is 5.69 Å². The topological polar surface area (TPSA) is 83.4 Å². The van der Waals surface area contributed by atoms with Gasteiger partial charge in [-0.1, -0.05) is 0 Å². The Kier molecular flexibility index (Phi) is 3.28. The summed E-state index contributed by atoms with van der Waals surface area (Å²) in [5.41, 5.74) is 1.32. The van der Waals surface area contributed by atoms with E-state index in [-0.39, 0.29) is 6.04 Å². The average molecular weight is 196 g/mol. The Hall–Kier alpha value is -2.51. The van der Waals surface area contributed by atoms with Gasteiger partial charge in [-0.2, -0.15) is 15.8 Å². The number of benzene rings is 1. The maximum Gasteiger partial charge on any atom is 0.111 e. The predicted octanol–water partition coefficient (Wildman–Crippen LogP) is 1.75. The second-order valence-corrected chi connectivity index (χ2v) is 2.98. The Morgan fingerprint density at radius 2 is 1.80 bits per heavy atom. The van der Waals surface area contributed by atoms with E-state index in [0.717, 1.165) is 0 Å². The summed E-state index contributed by atoms with van der Waals surface area (Å²) in [5.74, 6) is 0. The molecule has 1 aromatic carbocycles. The van der Waals surface area contributed by atoms with Gasteiger partial charge < -0.3 is 5.32 Å². The van der Waals surface area contributed by atoms with Crippen molar-refractivity contribution in [2.24, 2.45) is 0 Å². The number of anilines is 1. The summed E-state index contributed by atoms with van der Waals surface area (Å²) < 4.78 is 0. The molecule has 1 N–H and O–H groups in total. The molecule has 4 nitrogen and oxygen atoms in total. The molecule has 0 saturated carbocycles. The molecule has 72 valence electrons. The van der Waals surface area contributed by atoms with Crippen LogP contribution in [0.5, 0.6) is 0 Å². The summed E-state index contributed by atoms with van der Waals surface area (Å²) in [5, 5.41) is 29.0. The van der Waals surface area contributed by atoms with Crippen LogP contribution >= 0.6 is 0 Å². The molecule has 0 heterocycles. The van der Waals surface area contributed by atoms with Crippen LogP contribution in [-0.2, 0) is 0 Å². The highest BCUT2D eigenvalue weighted by Crippen LogP contribution is 2.15. The Labute approximate surface area is 88.0 Å². The molecule has 0 aliphatic rings. The first-order chi connectivity index (χ1) is 7.21. The molecular formula is C11H8N4. The molecular weight excluding hydrogens is 188 g/mol. The van der Waals surface area contributed by atoms with Crippen LogP contribution in [-0.4, -0.2) is 6.04 Å². The third-order valence-corrected chi connectivity index (χ3v) is 1.84. The zero-order chi connectivity index (χ0) is 11.3. The summed E-state index contributed by atoms with van der Waals surface area (Å²) in [6.45, 7) is 1.71. The van der Waals surface area contributed by atoms with Gasteiger partial charge >= 0.3 is 0 Å². The largest absolute Gasteiger partial charge is 0.370 e. The Morgan fingerprint density at radius 1 is 1.13 bits per heavy atom. The highest BCUT2D eigenvalue weighted by atomic mass is 14.9. The molecule has 1 aromatic rings. The molecule has 1 atom stereocenters. The molecule has 0 aliphatic heterocycles. The van der Waals surface area contributed by atoms with Crippen molar-refractivity contribution in [3.8, 4) is 18.2 Å². The van der Waals surface area contributed by atoms with E-state index in [0.29, 0.717) is 16.8 Å². The van der Waals surface area contributed by atoms with Crippen molar-refractivity contribution in [2.45, 2.75) is 13.0 Å². The number of nitriles is 3. The van der Waals surface area contributed by atoms with Gasteiger partial charge in [0.2, 0.25) is 0 Å². The molecule has 0 radical (unpaired) electrons. The highest BCUT2D eigenvalue weighted by Gasteiger charge is 2.04. The molecule has 0 aliphatic carbocycles. The second-order valence-electron chi connectivity index (χ2n) is 2.98. The van der Waals surface area contributed by atoms with E-state index in [2.05, 4.69) is 5.32 Å². The van der Waals surface area contributed by atoms with Crippen LogP contribution in [0.2, 0.25) is 0 Å². The standard InChI is InChI=1S/C11H8N4/c1-8(5-12)15-11-3-2-9(6-13)10(4-11)7-14/h2-4,8,15H,1H3. The first-order valence-electron chi connectivity index (χ1n) is 4.31. The van der Waals surface area contributed by atoms with E-state index in [4.69, 9.17) is 15.8 Å². The van der Waals surface area contributed by atoms with Crippen LogP contribution < -0.4 is 5.32 Å². The minimum atomic E-state index is -0.329. The fourth-order valence-corrected chi connectivity index (χ4v) is 1.11. The van der Waals surface area contributed by atoms with Crippen LogP contribution in [0, 0.1) is 34.0 Å². The lowest BCUT2D eigenvalue weighted by atomic mass is 10.1. The minimum absolute atomic E-state index is 0.313. The molecule has 0 bridgehead atoms. The van der Waals surface area contributed by atoms with Crippen LogP contribution in [0.1, 0.15) is 18.1 Å². The quantitative estimate of drug-likeness (QED) is 0.781. The zero-order valence-corrected chi connectivity index (χ0v) is 8.15. The van der Waals surface area contributed by atoms with Crippen molar-refractivity contribution in [2.75, 3.05) is 5.32 Å². The number of rotatable bonds is 2. The summed E-state index contributed by atoms with van der Waals surface area (Å²) >= 11 is 0. The van der Waals surface area contributed by atoms with Crippen molar-refractivity contribution in [1.82, 2.24) is 0 Å². The third-order valence-electron chi connectivity index (χ3n) is 1.84. The van der Waals surface area contributed by atoms with Crippen molar-refractivity contribution in [3.63, 3.8) is 0 Å². The van der Waals surface area contributed by atoms with Gasteiger partial charge in [-0.05, 0) is 25.1 Å². The van der Waals surface area contributed by atoms with E-state index < -0.39 is 0 Å². The summed E-state index contributed by atoms with van der Waals surface area (Å²) in [4.78, 5) is 0. The van der Waals surface area contributed by atoms with Crippen molar-refractivity contribution in [3.05, 3.63) is 29.3 Å². The van der Waals surface area contributed by atoms with Gasteiger partial charge in [-0.3, -0.25) is 0 Å². The SMILES string of the molecule is CC(C#N)Nc1ccc(C#N)c(C#N)c1. The van der Waals surface area contributed by atoms with Crippen LogP contribution in [0.3, 0.4) is 0 Å². The van der Waals surface area contributed by atoms with Crippen molar-refractivity contribution < 1.29 is 0 Å². The lowest BCUT2D eigenvalue weighted by Crippen LogP contribution is -2.12. The second kappa shape index (κ2) is 4.65. The molecule has 0 fully saturated rings. The molecule has 4 heteroatoms. The molecule has 1 rings (SSSR count). The first kappa shape index (κ1) is 10.6. The lowest BCUT2D eigenvalue weighted by Gasteiger charge is -2.07. The minimum Gasteiger partial charge on any atom is -0.370 e. The number of nitrogens with zero attached hydrogens (tertiary/aromatic N) is 3. The number of nitrogens with one attached hydrogen (secondary N) is 1. The Balaban J connectivity index is 3.02. The van der Waals surface area contributed by atoms with Gasteiger partial charge in [-0.25, -0.2) is 0 Å². The summed E-state index contributed by atoms with van der Waals surface area (Å²) in [7, 11) is 0. The summed E-state index contributed by atoms with van der Waals surface area (Å²) in [6, 6.07) is 10.3. The highest BCUT2D eigenvalue weighted by molar-refractivity contribution is 5.56. The molecule has 0 saturated heterocycles. The Morgan fingerprint density at radius 3 is 2.33 bits per heavy atom. The molecule has 0 aromatic heterocycles. The maximum absolute atomic E-state index is 8.77. The molecule has 0 spiro atoms. The lowest BCUT2D eigenvalue weighted by molar-refractivity contribution is 1.01. The van der Waals surface area contributed by atoms with E-state index in [1.54, 1.807) is 25.1 Å². The molecule has 1 unspecified atom stereocenters. The fourth-order valence-electron chi connectivity index (χ4n) is 1.11. The predicted molar refractivity (Wildman–Crippen MR) is 54.6 cm³/mol. The smallest absolute Gasteiger partial charge is 0.111 e. The van der Waals surface area contributed by atoms with Crippen LogP contribution in [0.15, 0.2) is 18.2 Å². The van der Waals surface area contributed by atoms with Gasteiger partial charge in [0.15, 0.2) is 0 Å². The molecule has 15 heavy (non-hydrogen) atoms. The Bertz CT molecular complexity index is 485. The van der Waals surface area contributed by atoms with Crippen molar-refractivity contribution in [1.29, 1.82) is 15.8 Å². The normalized spacial score (nSPS) is 10.5. The number of hydrogen-bond donors (Lipinski definition) is 1. The van der Waals surface area contributed by atoms with Gasteiger partial charge in [0.25, 0.3) is 0 Å². The molecule has 0 amide bonds. The van der Waals surface area contributed by atoms with E-state index in [1.165, 1.54) is 0 Å². The average Bonchev–Trinajstić information content (AvgIpc) is 2.28. The maximum atomic E-state index is 8.77. The van der Waals surface area contributed by atoms with Crippen molar-refractivity contribution >= 4 is 5.69 Å². The summed E-state index contributed by atoms with van der Waals surface area (Å²) in [6.07, 6.45) is 0. The van der Waals surface area contributed by atoms with E-state index in [9.17, 15) is 0 Å².